The zero-order valence-electron chi connectivity index (χ0n) is 17.4. The van der Waals surface area contributed by atoms with E-state index in [-0.39, 0.29) is 17.7 Å². The predicted octanol–water partition coefficient (Wildman–Crippen LogP) is 2.40. The van der Waals surface area contributed by atoms with Gasteiger partial charge in [-0.2, -0.15) is 5.26 Å². The topological polar surface area (TPSA) is 95.9 Å². The normalized spacial score (nSPS) is 11.7. The van der Waals surface area contributed by atoms with Gasteiger partial charge < -0.3 is 10.4 Å². The van der Waals surface area contributed by atoms with Crippen LogP contribution in [0.5, 0.6) is 0 Å². The number of hydrogen-bond acceptors (Lipinski definition) is 5. The second kappa shape index (κ2) is 8.19. The molecule has 7 heteroatoms. The summed E-state index contributed by atoms with van der Waals surface area (Å²) in [4.78, 5) is 17.5. The van der Waals surface area contributed by atoms with E-state index in [0.29, 0.717) is 36.5 Å². The smallest absolute Gasteiger partial charge is 0.330 e. The van der Waals surface area contributed by atoms with Crippen LogP contribution in [0.25, 0.3) is 22.4 Å². The van der Waals surface area contributed by atoms with Gasteiger partial charge in [-0.25, -0.2) is 9.78 Å². The summed E-state index contributed by atoms with van der Waals surface area (Å²) in [5.74, 6) is 0. The molecular formula is C22H27N5O2. The Bertz CT molecular complexity index is 1130. The van der Waals surface area contributed by atoms with E-state index in [4.69, 9.17) is 10.1 Å². The number of aliphatic hydroxyl groups excluding tert-OH is 1. The second-order valence-corrected chi connectivity index (χ2v) is 8.42. The Kier molecular flexibility index (Phi) is 5.87. The summed E-state index contributed by atoms with van der Waals surface area (Å²) >= 11 is 0. The Morgan fingerprint density at radius 3 is 2.66 bits per heavy atom. The summed E-state index contributed by atoms with van der Waals surface area (Å²) in [6, 6.07) is 11.6. The van der Waals surface area contributed by atoms with E-state index in [9.17, 15) is 10.1 Å². The zero-order chi connectivity index (χ0) is 21.2. The Morgan fingerprint density at radius 1 is 1.24 bits per heavy atom. The number of nitrogens with zero attached hydrogens (tertiary/aromatic N) is 4. The van der Waals surface area contributed by atoms with Gasteiger partial charge in [0.15, 0.2) is 5.65 Å². The fourth-order valence-electron chi connectivity index (χ4n) is 3.37. The molecule has 29 heavy (non-hydrogen) atoms. The summed E-state index contributed by atoms with van der Waals surface area (Å²) in [6.45, 7) is 8.03. The molecule has 2 aromatic heterocycles. The second-order valence-electron chi connectivity index (χ2n) is 8.42. The number of aryl methyl sites for hydroxylation is 1. The summed E-state index contributed by atoms with van der Waals surface area (Å²) in [5.41, 5.74) is 4.16. The molecule has 2 heterocycles. The van der Waals surface area contributed by atoms with Gasteiger partial charge in [-0.1, -0.05) is 26.8 Å². The Balaban J connectivity index is 2.09. The molecule has 152 valence electrons. The maximum Gasteiger partial charge on any atom is 0.330 e. The van der Waals surface area contributed by atoms with Gasteiger partial charge in [-0.05, 0) is 35.2 Å². The van der Waals surface area contributed by atoms with Gasteiger partial charge in [-0.3, -0.25) is 9.13 Å². The molecule has 3 rings (SSSR count). The molecular weight excluding hydrogens is 366 g/mol. The average molecular weight is 393 g/mol. The number of fused-ring (bicyclic) bond motifs is 1. The predicted molar refractivity (Wildman–Crippen MR) is 113 cm³/mol. The lowest BCUT2D eigenvalue weighted by atomic mass is 9.97. The first-order chi connectivity index (χ1) is 13.7. The number of aliphatic hydroxyl groups is 1. The molecule has 7 nitrogen and oxygen atoms in total. The Morgan fingerprint density at radius 2 is 2.00 bits per heavy atom. The lowest BCUT2D eigenvalue weighted by molar-refractivity contribution is 0.292. The van der Waals surface area contributed by atoms with Crippen LogP contribution >= 0.6 is 0 Å². The highest BCUT2D eigenvalue weighted by Gasteiger charge is 2.19. The Hall–Kier alpha value is -2.95. The van der Waals surface area contributed by atoms with E-state index >= 15 is 0 Å². The van der Waals surface area contributed by atoms with Crippen molar-refractivity contribution in [3.63, 3.8) is 0 Å². The number of imidazole rings is 1. The van der Waals surface area contributed by atoms with Crippen LogP contribution in [0.1, 0.15) is 31.9 Å². The van der Waals surface area contributed by atoms with Crippen LogP contribution in [-0.4, -0.2) is 32.4 Å². The molecule has 0 unspecified atom stereocenters. The van der Waals surface area contributed by atoms with Crippen molar-refractivity contribution in [3.05, 3.63) is 51.9 Å². The van der Waals surface area contributed by atoms with Gasteiger partial charge in [0.1, 0.15) is 0 Å². The fraction of sp³-hybridized carbons (Fsp3) is 0.409. The molecule has 0 amide bonds. The van der Waals surface area contributed by atoms with E-state index in [0.717, 1.165) is 16.6 Å². The Labute approximate surface area is 170 Å². The van der Waals surface area contributed by atoms with Crippen LogP contribution in [0.2, 0.25) is 0 Å². The van der Waals surface area contributed by atoms with Crippen LogP contribution in [0, 0.1) is 16.7 Å². The van der Waals surface area contributed by atoms with E-state index < -0.39 is 0 Å². The molecule has 0 radical (unpaired) electrons. The minimum absolute atomic E-state index is 0.0410. The monoisotopic (exact) mass is 393 g/mol. The van der Waals surface area contributed by atoms with E-state index in [1.165, 1.54) is 0 Å². The fourth-order valence-corrected chi connectivity index (χ4v) is 3.37. The van der Waals surface area contributed by atoms with Crippen LogP contribution < -0.4 is 11.0 Å². The van der Waals surface area contributed by atoms with Crippen molar-refractivity contribution >= 4 is 11.2 Å². The largest absolute Gasteiger partial charge is 0.395 e. The van der Waals surface area contributed by atoms with Crippen molar-refractivity contribution < 1.29 is 5.11 Å². The molecule has 0 aliphatic rings. The SMILES string of the molecule is Cn1c(=O)n(CC(C)(C)C)c2ccc(-c3cc(CNCCO)ccc3C#N)nc21. The molecule has 1 aromatic carbocycles. The number of rotatable bonds is 6. The van der Waals surface area contributed by atoms with Crippen molar-refractivity contribution in [2.75, 3.05) is 13.2 Å². The number of aromatic nitrogens is 3. The van der Waals surface area contributed by atoms with Gasteiger partial charge in [0.2, 0.25) is 0 Å². The lowest BCUT2D eigenvalue weighted by Gasteiger charge is -2.18. The summed E-state index contributed by atoms with van der Waals surface area (Å²) in [5, 5.41) is 21.6. The highest BCUT2D eigenvalue weighted by molar-refractivity contribution is 5.78. The molecule has 3 aromatic rings. The maximum atomic E-state index is 12.7. The minimum atomic E-state index is -0.0953. The number of nitrogens with one attached hydrogen (secondary N) is 1. The van der Waals surface area contributed by atoms with Crippen LogP contribution in [0.15, 0.2) is 35.1 Å². The van der Waals surface area contributed by atoms with Gasteiger partial charge in [0.05, 0.1) is 29.5 Å². The van der Waals surface area contributed by atoms with Crippen LogP contribution in [0.4, 0.5) is 0 Å². The molecule has 0 aliphatic carbocycles. The van der Waals surface area contributed by atoms with Crippen molar-refractivity contribution in [1.29, 1.82) is 5.26 Å². The summed E-state index contributed by atoms with van der Waals surface area (Å²) in [7, 11) is 1.72. The van der Waals surface area contributed by atoms with E-state index in [2.05, 4.69) is 32.2 Å². The summed E-state index contributed by atoms with van der Waals surface area (Å²) in [6.07, 6.45) is 0. The van der Waals surface area contributed by atoms with Gasteiger partial charge in [0, 0.05) is 32.2 Å². The molecule has 0 bridgehead atoms. The molecule has 0 fully saturated rings. The first-order valence-corrected chi connectivity index (χ1v) is 9.66. The molecule has 0 atom stereocenters. The minimum Gasteiger partial charge on any atom is -0.395 e. The van der Waals surface area contributed by atoms with Crippen LogP contribution in [-0.2, 0) is 20.1 Å². The van der Waals surface area contributed by atoms with Crippen molar-refractivity contribution in [2.45, 2.75) is 33.9 Å². The average Bonchev–Trinajstić information content (AvgIpc) is 2.91. The molecule has 0 spiro atoms. The zero-order valence-corrected chi connectivity index (χ0v) is 17.4. The molecule has 2 N–H and O–H groups in total. The number of nitriles is 1. The number of hydrogen-bond donors (Lipinski definition) is 2. The van der Waals surface area contributed by atoms with Gasteiger partial charge in [0.25, 0.3) is 0 Å². The highest BCUT2D eigenvalue weighted by atomic mass is 16.3. The van der Waals surface area contributed by atoms with E-state index in [1.807, 2.05) is 24.3 Å². The van der Waals surface area contributed by atoms with Crippen molar-refractivity contribution in [3.8, 4) is 17.3 Å². The first kappa shape index (κ1) is 20.8. The van der Waals surface area contributed by atoms with Crippen molar-refractivity contribution in [2.24, 2.45) is 12.5 Å². The third-order valence-corrected chi connectivity index (χ3v) is 4.71. The number of pyridine rings is 1. The lowest BCUT2D eigenvalue weighted by Crippen LogP contribution is -2.27. The summed E-state index contributed by atoms with van der Waals surface area (Å²) < 4.78 is 3.32. The quantitative estimate of drug-likeness (QED) is 0.627. The number of benzene rings is 1. The third kappa shape index (κ3) is 4.39. The van der Waals surface area contributed by atoms with Gasteiger partial charge in [-0.15, -0.1) is 0 Å². The standard InChI is InChI=1S/C22H27N5O2/c1-22(2,3)14-27-19-8-7-18(25-20(19)26(4)21(27)29)17-11-15(13-24-9-10-28)5-6-16(17)12-23/h5-8,11,24,28H,9-10,13-14H2,1-4H3. The third-order valence-electron chi connectivity index (χ3n) is 4.71. The molecule has 0 aliphatic heterocycles. The first-order valence-electron chi connectivity index (χ1n) is 9.66. The van der Waals surface area contributed by atoms with E-state index in [1.54, 1.807) is 22.2 Å². The van der Waals surface area contributed by atoms with Crippen LogP contribution in [0.3, 0.4) is 0 Å². The van der Waals surface area contributed by atoms with Gasteiger partial charge >= 0.3 is 5.69 Å². The van der Waals surface area contributed by atoms with Crippen molar-refractivity contribution in [1.82, 2.24) is 19.4 Å². The molecule has 0 saturated carbocycles. The highest BCUT2D eigenvalue weighted by Crippen LogP contribution is 2.26. The molecule has 0 saturated heterocycles. The maximum absolute atomic E-state index is 12.7.